The summed E-state index contributed by atoms with van der Waals surface area (Å²) in [5.74, 6) is -2.40. The number of benzene rings is 1. The van der Waals surface area contributed by atoms with Crippen LogP contribution < -0.4 is 5.19 Å². The highest BCUT2D eigenvalue weighted by Gasteiger charge is 2.28. The van der Waals surface area contributed by atoms with E-state index in [1.165, 1.54) is 13.0 Å². The van der Waals surface area contributed by atoms with E-state index in [9.17, 15) is 13.6 Å². The lowest BCUT2D eigenvalue weighted by molar-refractivity contribution is 0.101. The molecule has 1 rings (SSSR count). The Balaban J connectivity index is 3.59. The zero-order valence-electron chi connectivity index (χ0n) is 9.62. The van der Waals surface area contributed by atoms with E-state index in [4.69, 9.17) is 0 Å². The molecule has 5 heteroatoms. The highest BCUT2D eigenvalue weighted by atomic mass is 79.9. The molecule has 1 aromatic rings. The van der Waals surface area contributed by atoms with Crippen LogP contribution in [0.2, 0.25) is 19.6 Å². The van der Waals surface area contributed by atoms with Crippen molar-refractivity contribution >= 4 is 35.0 Å². The summed E-state index contributed by atoms with van der Waals surface area (Å²) in [5, 5.41) is 0.384. The minimum absolute atomic E-state index is 0.202. The Labute approximate surface area is 103 Å². The Morgan fingerprint density at radius 2 is 1.75 bits per heavy atom. The molecule has 0 aliphatic rings. The van der Waals surface area contributed by atoms with E-state index >= 15 is 0 Å². The van der Waals surface area contributed by atoms with E-state index in [2.05, 4.69) is 15.9 Å². The number of carbonyl (C=O) groups is 1. The first kappa shape index (κ1) is 13.5. The first-order valence-electron chi connectivity index (χ1n) is 4.85. The predicted molar refractivity (Wildman–Crippen MR) is 67.0 cm³/mol. The van der Waals surface area contributed by atoms with Gasteiger partial charge in [0.25, 0.3) is 0 Å². The van der Waals surface area contributed by atoms with Gasteiger partial charge in [0.05, 0.1) is 13.6 Å². The number of carbonyl (C=O) groups excluding carboxylic acids is 1. The third-order valence-electron chi connectivity index (χ3n) is 2.29. The van der Waals surface area contributed by atoms with Crippen LogP contribution in [0.4, 0.5) is 8.78 Å². The van der Waals surface area contributed by atoms with Gasteiger partial charge in [-0.1, -0.05) is 35.6 Å². The van der Waals surface area contributed by atoms with Gasteiger partial charge in [-0.2, -0.15) is 0 Å². The number of Topliss-reactive ketones (excluding diaryl/α,β-unsaturated/α-hetero) is 1. The van der Waals surface area contributed by atoms with Gasteiger partial charge < -0.3 is 0 Å². The van der Waals surface area contributed by atoms with Crippen molar-refractivity contribution in [3.8, 4) is 0 Å². The summed E-state index contributed by atoms with van der Waals surface area (Å²) in [6.07, 6.45) is 0. The van der Waals surface area contributed by atoms with Crippen LogP contribution in [0, 0.1) is 11.6 Å². The van der Waals surface area contributed by atoms with E-state index in [0.717, 1.165) is 0 Å². The van der Waals surface area contributed by atoms with Crippen LogP contribution in [0.3, 0.4) is 0 Å². The van der Waals surface area contributed by atoms with Crippen LogP contribution in [0.1, 0.15) is 17.3 Å². The molecule has 1 nitrogen and oxygen atoms in total. The lowest BCUT2D eigenvalue weighted by Crippen LogP contribution is -2.42. The Kier molecular flexibility index (Phi) is 3.69. The molecule has 16 heavy (non-hydrogen) atoms. The zero-order chi connectivity index (χ0) is 12.7. The molecule has 0 heterocycles. The van der Waals surface area contributed by atoms with Gasteiger partial charge in [0.15, 0.2) is 17.4 Å². The van der Waals surface area contributed by atoms with Crippen LogP contribution in [-0.2, 0) is 0 Å². The maximum atomic E-state index is 13.9. The van der Waals surface area contributed by atoms with E-state index in [1.54, 1.807) is 0 Å². The van der Waals surface area contributed by atoms with Crippen LogP contribution in [0.25, 0.3) is 0 Å². The molecular formula is C11H13BrF2OSi. The molecule has 0 aliphatic carbocycles. The van der Waals surface area contributed by atoms with Crippen molar-refractivity contribution < 1.29 is 13.6 Å². The molecule has 0 aliphatic heterocycles. The lowest BCUT2D eigenvalue weighted by Gasteiger charge is -2.20. The molecule has 0 saturated heterocycles. The molecule has 0 unspecified atom stereocenters. The molecule has 0 bridgehead atoms. The van der Waals surface area contributed by atoms with E-state index < -0.39 is 25.5 Å². The zero-order valence-corrected chi connectivity index (χ0v) is 12.2. The molecule has 0 fully saturated rings. The first-order valence-corrected chi connectivity index (χ1v) is 9.14. The summed E-state index contributed by atoms with van der Waals surface area (Å²) in [4.78, 5) is 11.1. The summed E-state index contributed by atoms with van der Waals surface area (Å²) >= 11 is 3.21. The fourth-order valence-corrected chi connectivity index (χ4v) is 5.28. The molecule has 0 amide bonds. The molecule has 0 N–H and O–H groups in total. The van der Waals surface area contributed by atoms with Crippen LogP contribution >= 0.6 is 15.9 Å². The standard InChI is InChI=1S/C11H13BrF2OSi/c1-6(15)7-5-8(12)11(16(2,3)4)10(14)9(7)13/h5H,1-4H3. The Bertz CT molecular complexity index is 452. The van der Waals surface area contributed by atoms with E-state index in [-0.39, 0.29) is 5.56 Å². The first-order chi connectivity index (χ1) is 7.16. The highest BCUT2D eigenvalue weighted by Crippen LogP contribution is 2.21. The second-order valence-corrected chi connectivity index (χ2v) is 10.6. The molecule has 1 aromatic carbocycles. The van der Waals surface area contributed by atoms with Crippen LogP contribution in [-0.4, -0.2) is 13.9 Å². The predicted octanol–water partition coefficient (Wildman–Crippen LogP) is 3.48. The number of hydrogen-bond donors (Lipinski definition) is 0. The lowest BCUT2D eigenvalue weighted by atomic mass is 10.1. The molecule has 88 valence electrons. The normalized spacial score (nSPS) is 11.7. The quantitative estimate of drug-likeness (QED) is 0.464. The van der Waals surface area contributed by atoms with Gasteiger partial charge >= 0.3 is 0 Å². The van der Waals surface area contributed by atoms with Crippen molar-refractivity contribution in [2.75, 3.05) is 0 Å². The minimum atomic E-state index is -1.98. The third-order valence-corrected chi connectivity index (χ3v) is 5.27. The summed E-state index contributed by atoms with van der Waals surface area (Å²) in [6.45, 7) is 6.98. The van der Waals surface area contributed by atoms with E-state index in [1.807, 2.05) is 19.6 Å². The molecule has 0 atom stereocenters. The third kappa shape index (κ3) is 2.40. The maximum Gasteiger partial charge on any atom is 0.169 e. The van der Waals surface area contributed by atoms with Gasteiger partial charge in [0.2, 0.25) is 0 Å². The van der Waals surface area contributed by atoms with Gasteiger partial charge in [-0.25, -0.2) is 8.78 Å². The average molecular weight is 307 g/mol. The van der Waals surface area contributed by atoms with Gasteiger partial charge in [0, 0.05) is 4.47 Å². The monoisotopic (exact) mass is 306 g/mol. The van der Waals surface area contributed by atoms with Crippen molar-refractivity contribution in [1.29, 1.82) is 0 Å². The smallest absolute Gasteiger partial charge is 0.169 e. The van der Waals surface area contributed by atoms with Crippen LogP contribution in [0.5, 0.6) is 0 Å². The number of halogens is 3. The second kappa shape index (κ2) is 4.37. The Morgan fingerprint density at radius 3 is 2.12 bits per heavy atom. The second-order valence-electron chi connectivity index (χ2n) is 4.72. The Morgan fingerprint density at radius 1 is 1.25 bits per heavy atom. The molecule has 0 aromatic heterocycles. The van der Waals surface area contributed by atoms with Crippen molar-refractivity contribution in [2.45, 2.75) is 26.6 Å². The summed E-state index contributed by atoms with van der Waals surface area (Å²) in [7, 11) is -1.98. The highest BCUT2D eigenvalue weighted by molar-refractivity contribution is 9.10. The van der Waals surface area contributed by atoms with Crippen LogP contribution in [0.15, 0.2) is 10.5 Å². The van der Waals surface area contributed by atoms with Gasteiger partial charge in [0.1, 0.15) is 0 Å². The topological polar surface area (TPSA) is 17.1 Å². The minimum Gasteiger partial charge on any atom is -0.294 e. The average Bonchev–Trinajstić information content (AvgIpc) is 2.08. The fraction of sp³-hybridized carbons (Fsp3) is 0.364. The molecule has 0 radical (unpaired) electrons. The van der Waals surface area contributed by atoms with Gasteiger partial charge in [-0.15, -0.1) is 0 Å². The number of hydrogen-bond acceptors (Lipinski definition) is 1. The van der Waals surface area contributed by atoms with Gasteiger partial charge in [-0.05, 0) is 18.2 Å². The number of ketones is 1. The van der Waals surface area contributed by atoms with Crippen molar-refractivity contribution in [3.63, 3.8) is 0 Å². The van der Waals surface area contributed by atoms with Crippen molar-refractivity contribution in [2.24, 2.45) is 0 Å². The fourth-order valence-electron chi connectivity index (χ4n) is 1.54. The number of rotatable bonds is 2. The van der Waals surface area contributed by atoms with Crippen molar-refractivity contribution in [1.82, 2.24) is 0 Å². The summed E-state index contributed by atoms with van der Waals surface area (Å²) in [6, 6.07) is 1.37. The molecule has 0 spiro atoms. The molecule has 0 saturated carbocycles. The molecular weight excluding hydrogens is 294 g/mol. The van der Waals surface area contributed by atoms with E-state index in [0.29, 0.717) is 9.66 Å². The van der Waals surface area contributed by atoms with Crippen molar-refractivity contribution in [3.05, 3.63) is 27.7 Å². The summed E-state index contributed by atoms with van der Waals surface area (Å²) < 4.78 is 28.0. The van der Waals surface area contributed by atoms with Gasteiger partial charge in [-0.3, -0.25) is 4.79 Å². The Hall–Kier alpha value is -0.553. The largest absolute Gasteiger partial charge is 0.294 e. The maximum absolute atomic E-state index is 13.9. The SMILES string of the molecule is CC(=O)c1cc(Br)c([Si](C)(C)C)c(F)c1F. The summed E-state index contributed by atoms with van der Waals surface area (Å²) in [5.41, 5.74) is -0.202.